The number of carbonyl (C=O) groups excluding carboxylic acids is 2. The van der Waals surface area contributed by atoms with Gasteiger partial charge in [0.25, 0.3) is 0 Å². The first-order chi connectivity index (χ1) is 8.08. The maximum Gasteiger partial charge on any atom is 0.237 e. The van der Waals surface area contributed by atoms with E-state index in [9.17, 15) is 9.59 Å². The molecule has 0 saturated carbocycles. The predicted octanol–water partition coefficient (Wildman–Crippen LogP) is 1.35. The van der Waals surface area contributed by atoms with Gasteiger partial charge in [-0.3, -0.25) is 14.9 Å². The maximum absolute atomic E-state index is 12.1. The Morgan fingerprint density at radius 1 is 1.41 bits per heavy atom. The number of nitrogen functional groups attached to an aromatic ring is 1. The highest BCUT2D eigenvalue weighted by atomic mass is 16.2. The van der Waals surface area contributed by atoms with Crippen LogP contribution in [0, 0.1) is 0 Å². The van der Waals surface area contributed by atoms with Crippen molar-refractivity contribution in [2.24, 2.45) is 0 Å². The summed E-state index contributed by atoms with van der Waals surface area (Å²) in [7, 11) is 0. The van der Waals surface area contributed by atoms with Crippen LogP contribution in [-0.2, 0) is 15.0 Å². The van der Waals surface area contributed by atoms with Gasteiger partial charge in [0.15, 0.2) is 0 Å². The summed E-state index contributed by atoms with van der Waals surface area (Å²) in [4.78, 5) is 23.3. The van der Waals surface area contributed by atoms with Gasteiger partial charge in [-0.2, -0.15) is 0 Å². The van der Waals surface area contributed by atoms with E-state index in [1.54, 1.807) is 6.07 Å². The molecular formula is C13H16N2O2. The fourth-order valence-corrected chi connectivity index (χ4v) is 2.40. The van der Waals surface area contributed by atoms with Crippen molar-refractivity contribution in [3.63, 3.8) is 0 Å². The van der Waals surface area contributed by atoms with Gasteiger partial charge in [-0.1, -0.05) is 19.1 Å². The molecule has 0 spiro atoms. The Morgan fingerprint density at radius 3 is 2.76 bits per heavy atom. The van der Waals surface area contributed by atoms with E-state index >= 15 is 0 Å². The van der Waals surface area contributed by atoms with Gasteiger partial charge < -0.3 is 5.73 Å². The molecule has 1 aromatic carbocycles. The van der Waals surface area contributed by atoms with Crippen LogP contribution < -0.4 is 11.1 Å². The zero-order valence-electron chi connectivity index (χ0n) is 9.82. The second-order valence-electron chi connectivity index (χ2n) is 4.44. The minimum atomic E-state index is -0.608. The molecule has 1 aliphatic rings. The first kappa shape index (κ1) is 11.6. The summed E-state index contributed by atoms with van der Waals surface area (Å²) < 4.78 is 0. The van der Waals surface area contributed by atoms with E-state index in [2.05, 4.69) is 5.32 Å². The fraction of sp³-hybridized carbons (Fsp3) is 0.385. The number of hydrogen-bond donors (Lipinski definition) is 2. The van der Waals surface area contributed by atoms with Crippen molar-refractivity contribution >= 4 is 17.5 Å². The van der Waals surface area contributed by atoms with Crippen LogP contribution in [0.1, 0.15) is 31.7 Å². The first-order valence-corrected chi connectivity index (χ1v) is 5.79. The summed E-state index contributed by atoms with van der Waals surface area (Å²) in [5.74, 6) is -0.398. The van der Waals surface area contributed by atoms with Gasteiger partial charge in [-0.15, -0.1) is 0 Å². The molecule has 1 fully saturated rings. The van der Waals surface area contributed by atoms with Crippen molar-refractivity contribution in [2.45, 2.75) is 31.6 Å². The van der Waals surface area contributed by atoms with Crippen LogP contribution in [0.15, 0.2) is 24.3 Å². The largest absolute Gasteiger partial charge is 0.399 e. The molecule has 0 radical (unpaired) electrons. The monoisotopic (exact) mass is 232 g/mol. The van der Waals surface area contributed by atoms with Gasteiger partial charge in [0.05, 0.1) is 5.41 Å². The maximum atomic E-state index is 12.1. The molecule has 17 heavy (non-hydrogen) atoms. The number of benzene rings is 1. The SMILES string of the molecule is CCC1(c2cccc(N)c2)CCC(=O)NC1=O. The fourth-order valence-electron chi connectivity index (χ4n) is 2.40. The van der Waals surface area contributed by atoms with E-state index in [4.69, 9.17) is 5.73 Å². The van der Waals surface area contributed by atoms with Crippen LogP contribution in [0.3, 0.4) is 0 Å². The molecule has 1 saturated heterocycles. The summed E-state index contributed by atoms with van der Waals surface area (Å²) in [5, 5.41) is 2.42. The molecular weight excluding hydrogens is 216 g/mol. The standard InChI is InChI=1S/C13H16N2O2/c1-2-13(7-6-11(16)15-12(13)17)9-4-3-5-10(14)8-9/h3-5,8H,2,6-7,14H2,1H3,(H,15,16,17). The van der Waals surface area contributed by atoms with Crippen LogP contribution in [0.4, 0.5) is 5.69 Å². The first-order valence-electron chi connectivity index (χ1n) is 5.79. The van der Waals surface area contributed by atoms with Crippen LogP contribution in [0.2, 0.25) is 0 Å². The molecule has 0 aromatic heterocycles. The summed E-state index contributed by atoms with van der Waals surface area (Å²) in [5.41, 5.74) is 6.68. The van der Waals surface area contributed by atoms with Crippen molar-refractivity contribution in [1.82, 2.24) is 5.32 Å². The van der Waals surface area contributed by atoms with Gasteiger partial charge >= 0.3 is 0 Å². The van der Waals surface area contributed by atoms with Crippen molar-refractivity contribution in [2.75, 3.05) is 5.73 Å². The molecule has 0 aliphatic carbocycles. The Bertz CT molecular complexity index is 470. The Kier molecular flexibility index (Phi) is 2.88. The molecule has 1 aromatic rings. The number of amides is 2. The Balaban J connectivity index is 2.44. The van der Waals surface area contributed by atoms with Crippen LogP contribution in [0.25, 0.3) is 0 Å². The third kappa shape index (κ3) is 1.90. The van der Waals surface area contributed by atoms with E-state index in [1.165, 1.54) is 0 Å². The molecule has 90 valence electrons. The van der Waals surface area contributed by atoms with E-state index in [-0.39, 0.29) is 11.8 Å². The summed E-state index contributed by atoms with van der Waals surface area (Å²) in [6, 6.07) is 7.35. The molecule has 1 aliphatic heterocycles. The third-order valence-electron chi connectivity index (χ3n) is 3.51. The lowest BCUT2D eigenvalue weighted by molar-refractivity contribution is -0.138. The van der Waals surface area contributed by atoms with E-state index in [1.807, 2.05) is 25.1 Å². The minimum Gasteiger partial charge on any atom is -0.399 e. The van der Waals surface area contributed by atoms with Crippen molar-refractivity contribution in [3.05, 3.63) is 29.8 Å². The number of rotatable bonds is 2. The van der Waals surface area contributed by atoms with Gasteiger partial charge in [0.2, 0.25) is 11.8 Å². The van der Waals surface area contributed by atoms with Crippen molar-refractivity contribution < 1.29 is 9.59 Å². The topological polar surface area (TPSA) is 72.2 Å². The molecule has 3 N–H and O–H groups in total. The third-order valence-corrected chi connectivity index (χ3v) is 3.51. The Morgan fingerprint density at radius 2 is 2.18 bits per heavy atom. The van der Waals surface area contributed by atoms with Crippen molar-refractivity contribution in [3.8, 4) is 0 Å². The van der Waals surface area contributed by atoms with Gasteiger partial charge in [0.1, 0.15) is 0 Å². The van der Waals surface area contributed by atoms with E-state index < -0.39 is 5.41 Å². The lowest BCUT2D eigenvalue weighted by Crippen LogP contribution is -2.51. The highest BCUT2D eigenvalue weighted by molar-refractivity contribution is 6.03. The Labute approximate surface area is 100 Å². The average Bonchev–Trinajstić information content (AvgIpc) is 2.30. The molecule has 2 amide bonds. The van der Waals surface area contributed by atoms with Gasteiger partial charge in [-0.25, -0.2) is 0 Å². The summed E-state index contributed by atoms with van der Waals surface area (Å²) in [6.45, 7) is 1.96. The zero-order valence-corrected chi connectivity index (χ0v) is 9.82. The van der Waals surface area contributed by atoms with E-state index in [0.29, 0.717) is 24.9 Å². The molecule has 1 unspecified atom stereocenters. The number of nitrogens with two attached hydrogens (primary N) is 1. The second kappa shape index (κ2) is 4.20. The van der Waals surface area contributed by atoms with Crippen LogP contribution >= 0.6 is 0 Å². The number of nitrogens with one attached hydrogen (secondary N) is 1. The van der Waals surface area contributed by atoms with Crippen LogP contribution in [0.5, 0.6) is 0 Å². The van der Waals surface area contributed by atoms with Crippen molar-refractivity contribution in [1.29, 1.82) is 0 Å². The number of hydrogen-bond acceptors (Lipinski definition) is 3. The molecule has 4 heteroatoms. The average molecular weight is 232 g/mol. The van der Waals surface area contributed by atoms with Crippen LogP contribution in [-0.4, -0.2) is 11.8 Å². The Hall–Kier alpha value is -1.84. The summed E-state index contributed by atoms with van der Waals surface area (Å²) >= 11 is 0. The molecule has 1 atom stereocenters. The minimum absolute atomic E-state index is 0.192. The highest BCUT2D eigenvalue weighted by Crippen LogP contribution is 2.36. The molecule has 0 bridgehead atoms. The number of anilines is 1. The summed E-state index contributed by atoms with van der Waals surface area (Å²) in [6.07, 6.45) is 1.60. The lowest BCUT2D eigenvalue weighted by atomic mass is 9.72. The normalized spacial score (nSPS) is 24.5. The quantitative estimate of drug-likeness (QED) is 0.597. The molecule has 2 rings (SSSR count). The predicted molar refractivity (Wildman–Crippen MR) is 65.2 cm³/mol. The number of imide groups is 1. The number of carbonyl (C=O) groups is 2. The van der Waals surface area contributed by atoms with Gasteiger partial charge in [0, 0.05) is 12.1 Å². The molecule has 1 heterocycles. The highest BCUT2D eigenvalue weighted by Gasteiger charge is 2.42. The van der Waals surface area contributed by atoms with Gasteiger partial charge in [-0.05, 0) is 30.5 Å². The molecule has 4 nitrogen and oxygen atoms in total. The smallest absolute Gasteiger partial charge is 0.237 e. The zero-order chi connectivity index (χ0) is 12.5. The number of piperidine rings is 1. The second-order valence-corrected chi connectivity index (χ2v) is 4.44. The van der Waals surface area contributed by atoms with E-state index in [0.717, 1.165) is 5.56 Å². The lowest BCUT2D eigenvalue weighted by Gasteiger charge is -2.35.